The summed E-state index contributed by atoms with van der Waals surface area (Å²) in [5, 5.41) is 9.24. The zero-order chi connectivity index (χ0) is 11.1. The van der Waals surface area contributed by atoms with E-state index in [1.54, 1.807) is 13.8 Å². The molecule has 5 nitrogen and oxygen atoms in total. The minimum atomic E-state index is -1.64. The number of ether oxygens (including phenoxy) is 2. The summed E-state index contributed by atoms with van der Waals surface area (Å²) >= 11 is 0. The fourth-order valence-electron chi connectivity index (χ4n) is 0.699. The molecule has 0 bridgehead atoms. The van der Waals surface area contributed by atoms with Crippen LogP contribution < -0.4 is 0 Å². The van der Waals surface area contributed by atoms with Crippen molar-refractivity contribution >= 4 is 11.9 Å². The lowest BCUT2D eigenvalue weighted by Gasteiger charge is -2.10. The molecule has 0 radical (unpaired) electrons. The van der Waals surface area contributed by atoms with Gasteiger partial charge in [-0.3, -0.25) is 0 Å². The summed E-state index contributed by atoms with van der Waals surface area (Å²) < 4.78 is 9.04. The second kappa shape index (κ2) is 6.15. The molecule has 0 saturated carbocycles. The standard InChI is InChI=1S/C9H14O5/c1-4-13-8(11)6(3)7(10)9(12)14-5-2/h7,10H,3-5H2,1-2H3. The van der Waals surface area contributed by atoms with E-state index in [2.05, 4.69) is 16.1 Å². The molecule has 0 aromatic carbocycles. The average Bonchev–Trinajstić information content (AvgIpc) is 2.16. The predicted octanol–water partition coefficient (Wildman–Crippen LogP) is 0.0297. The maximum atomic E-state index is 11.0. The van der Waals surface area contributed by atoms with Crippen molar-refractivity contribution in [2.24, 2.45) is 0 Å². The number of esters is 2. The quantitative estimate of drug-likeness (QED) is 0.503. The summed E-state index contributed by atoms with van der Waals surface area (Å²) in [6, 6.07) is 0. The Bertz CT molecular complexity index is 233. The smallest absolute Gasteiger partial charge is 0.339 e. The number of rotatable bonds is 5. The van der Waals surface area contributed by atoms with Crippen LogP contribution in [0, 0.1) is 0 Å². The first-order chi connectivity index (χ1) is 6.54. The first kappa shape index (κ1) is 12.6. The molecular weight excluding hydrogens is 188 g/mol. The van der Waals surface area contributed by atoms with E-state index in [9.17, 15) is 14.7 Å². The predicted molar refractivity (Wildman–Crippen MR) is 48.4 cm³/mol. The Morgan fingerprint density at radius 2 is 1.79 bits per heavy atom. The van der Waals surface area contributed by atoms with Crippen molar-refractivity contribution in [3.05, 3.63) is 12.2 Å². The van der Waals surface area contributed by atoms with Crippen LogP contribution >= 0.6 is 0 Å². The van der Waals surface area contributed by atoms with Gasteiger partial charge >= 0.3 is 11.9 Å². The topological polar surface area (TPSA) is 72.8 Å². The zero-order valence-corrected chi connectivity index (χ0v) is 8.28. The highest BCUT2D eigenvalue weighted by Gasteiger charge is 2.25. The number of hydrogen-bond donors (Lipinski definition) is 1. The van der Waals surface area contributed by atoms with Crippen molar-refractivity contribution in [1.82, 2.24) is 0 Å². The molecular formula is C9H14O5. The SMILES string of the molecule is C=C(C(=O)OCC)C(O)C(=O)OCC. The van der Waals surface area contributed by atoms with Crippen LogP contribution in [0.3, 0.4) is 0 Å². The van der Waals surface area contributed by atoms with Crippen molar-refractivity contribution in [2.45, 2.75) is 20.0 Å². The Morgan fingerprint density at radius 1 is 1.29 bits per heavy atom. The van der Waals surface area contributed by atoms with E-state index in [1.807, 2.05) is 0 Å². The van der Waals surface area contributed by atoms with Crippen molar-refractivity contribution in [3.63, 3.8) is 0 Å². The molecule has 0 spiro atoms. The normalized spacial score (nSPS) is 11.6. The Balaban J connectivity index is 4.24. The largest absolute Gasteiger partial charge is 0.464 e. The Labute approximate surface area is 82.3 Å². The zero-order valence-electron chi connectivity index (χ0n) is 8.28. The van der Waals surface area contributed by atoms with E-state index in [-0.39, 0.29) is 18.8 Å². The third kappa shape index (κ3) is 3.57. The molecule has 1 atom stereocenters. The lowest BCUT2D eigenvalue weighted by Crippen LogP contribution is -2.29. The summed E-state index contributed by atoms with van der Waals surface area (Å²) in [5.41, 5.74) is -0.315. The summed E-state index contributed by atoms with van der Waals surface area (Å²) in [5.74, 6) is -1.70. The third-order valence-corrected chi connectivity index (χ3v) is 1.38. The number of aliphatic hydroxyl groups excluding tert-OH is 1. The Kier molecular flexibility index (Phi) is 5.55. The molecule has 0 aliphatic carbocycles. The molecule has 0 heterocycles. The van der Waals surface area contributed by atoms with E-state index in [0.29, 0.717) is 0 Å². The van der Waals surface area contributed by atoms with E-state index in [4.69, 9.17) is 0 Å². The molecule has 0 aliphatic rings. The maximum Gasteiger partial charge on any atom is 0.339 e. The molecule has 0 aromatic heterocycles. The van der Waals surface area contributed by atoms with Crippen molar-refractivity contribution in [2.75, 3.05) is 13.2 Å². The van der Waals surface area contributed by atoms with Crippen molar-refractivity contribution in [3.8, 4) is 0 Å². The third-order valence-electron chi connectivity index (χ3n) is 1.38. The summed E-state index contributed by atoms with van der Waals surface area (Å²) in [7, 11) is 0. The second-order valence-corrected chi connectivity index (χ2v) is 2.40. The van der Waals surface area contributed by atoms with Crippen molar-refractivity contribution < 1.29 is 24.2 Å². The molecule has 80 valence electrons. The number of hydrogen-bond acceptors (Lipinski definition) is 5. The summed E-state index contributed by atoms with van der Waals surface area (Å²) in [4.78, 5) is 22.0. The summed E-state index contributed by atoms with van der Waals surface area (Å²) in [6.45, 7) is 6.75. The van der Waals surface area contributed by atoms with Gasteiger partial charge in [0.25, 0.3) is 0 Å². The molecule has 5 heteroatoms. The van der Waals surface area contributed by atoms with E-state index in [1.165, 1.54) is 0 Å². The molecule has 1 unspecified atom stereocenters. The number of carbonyl (C=O) groups is 2. The maximum absolute atomic E-state index is 11.0. The monoisotopic (exact) mass is 202 g/mol. The van der Waals surface area contributed by atoms with Gasteiger partial charge in [-0.05, 0) is 13.8 Å². The van der Waals surface area contributed by atoms with Gasteiger partial charge in [0.1, 0.15) is 0 Å². The van der Waals surface area contributed by atoms with Crippen LogP contribution in [0.25, 0.3) is 0 Å². The van der Waals surface area contributed by atoms with Crippen LogP contribution in [-0.4, -0.2) is 36.4 Å². The van der Waals surface area contributed by atoms with Crippen LogP contribution in [0.2, 0.25) is 0 Å². The second-order valence-electron chi connectivity index (χ2n) is 2.40. The van der Waals surface area contributed by atoms with Gasteiger partial charge in [-0.2, -0.15) is 0 Å². The van der Waals surface area contributed by atoms with Gasteiger partial charge in [-0.15, -0.1) is 0 Å². The Hall–Kier alpha value is -1.36. The average molecular weight is 202 g/mol. The van der Waals surface area contributed by atoms with Gasteiger partial charge in [0.2, 0.25) is 0 Å². The highest BCUT2D eigenvalue weighted by atomic mass is 16.6. The van der Waals surface area contributed by atoms with E-state index < -0.39 is 18.0 Å². The van der Waals surface area contributed by atoms with Crippen LogP contribution in [0.5, 0.6) is 0 Å². The highest BCUT2D eigenvalue weighted by Crippen LogP contribution is 2.04. The first-order valence-electron chi connectivity index (χ1n) is 4.25. The highest BCUT2D eigenvalue weighted by molar-refractivity contribution is 5.96. The minimum Gasteiger partial charge on any atom is -0.464 e. The molecule has 0 aromatic rings. The van der Waals surface area contributed by atoms with Gasteiger partial charge in [-0.1, -0.05) is 6.58 Å². The molecule has 0 fully saturated rings. The fourth-order valence-corrected chi connectivity index (χ4v) is 0.699. The fraction of sp³-hybridized carbons (Fsp3) is 0.556. The van der Waals surface area contributed by atoms with Gasteiger partial charge in [0.05, 0.1) is 18.8 Å². The Morgan fingerprint density at radius 3 is 2.21 bits per heavy atom. The summed E-state index contributed by atoms with van der Waals surface area (Å²) in [6.07, 6.45) is -1.64. The van der Waals surface area contributed by atoms with Crippen LogP contribution in [0.15, 0.2) is 12.2 Å². The van der Waals surface area contributed by atoms with Gasteiger partial charge in [0.15, 0.2) is 6.10 Å². The molecule has 0 amide bonds. The van der Waals surface area contributed by atoms with Crippen LogP contribution in [-0.2, 0) is 19.1 Å². The molecule has 1 N–H and O–H groups in total. The van der Waals surface area contributed by atoms with Gasteiger partial charge in [-0.25, -0.2) is 9.59 Å². The molecule has 14 heavy (non-hydrogen) atoms. The molecule has 0 aliphatic heterocycles. The number of carbonyl (C=O) groups excluding carboxylic acids is 2. The minimum absolute atomic E-state index is 0.131. The van der Waals surface area contributed by atoms with Crippen LogP contribution in [0.4, 0.5) is 0 Å². The molecule has 0 saturated heterocycles. The van der Waals surface area contributed by atoms with Gasteiger partial charge < -0.3 is 14.6 Å². The first-order valence-corrected chi connectivity index (χ1v) is 4.25. The molecule has 0 rings (SSSR count). The van der Waals surface area contributed by atoms with Crippen molar-refractivity contribution in [1.29, 1.82) is 0 Å². The van der Waals surface area contributed by atoms with E-state index in [0.717, 1.165) is 0 Å². The lowest BCUT2D eigenvalue weighted by molar-refractivity contribution is -0.154. The van der Waals surface area contributed by atoms with E-state index >= 15 is 0 Å². The van der Waals surface area contributed by atoms with Crippen LogP contribution in [0.1, 0.15) is 13.8 Å². The number of aliphatic hydroxyl groups is 1. The lowest BCUT2D eigenvalue weighted by atomic mass is 10.2. The van der Waals surface area contributed by atoms with Gasteiger partial charge in [0, 0.05) is 0 Å².